The molecule has 1 aliphatic rings. The number of thioether (sulfide) groups is 1. The first-order chi connectivity index (χ1) is 14.5. The quantitative estimate of drug-likeness (QED) is 0.221. The maximum atomic E-state index is 12.6. The third-order valence-corrected chi connectivity index (χ3v) is 5.72. The van der Waals surface area contributed by atoms with Crippen molar-refractivity contribution in [1.82, 2.24) is 4.90 Å². The molecule has 1 fully saturated rings. The second-order valence-electron chi connectivity index (χ2n) is 6.11. The van der Waals surface area contributed by atoms with Crippen molar-refractivity contribution in [2.45, 2.75) is 0 Å². The number of carbonyl (C=O) groups is 1. The number of para-hydroxylation sites is 2. The van der Waals surface area contributed by atoms with Crippen LogP contribution in [0.3, 0.4) is 0 Å². The summed E-state index contributed by atoms with van der Waals surface area (Å²) in [5, 5.41) is 0.542. The fraction of sp³-hybridized carbons (Fsp3) is 0.182. The van der Waals surface area contributed by atoms with Crippen LogP contribution in [0, 0.1) is 0 Å². The fourth-order valence-corrected chi connectivity index (χ4v) is 4.18. The van der Waals surface area contributed by atoms with Crippen LogP contribution in [0.15, 0.2) is 60.0 Å². The van der Waals surface area contributed by atoms with E-state index < -0.39 is 0 Å². The molecule has 2 aromatic rings. The molecule has 1 amide bonds. The van der Waals surface area contributed by atoms with Crippen molar-refractivity contribution >= 4 is 51.9 Å². The van der Waals surface area contributed by atoms with Crippen LogP contribution in [-0.4, -0.2) is 42.0 Å². The predicted octanol–water partition coefficient (Wildman–Crippen LogP) is 5.19. The van der Waals surface area contributed by atoms with E-state index in [0.717, 1.165) is 0 Å². The van der Waals surface area contributed by atoms with Crippen molar-refractivity contribution in [1.29, 1.82) is 0 Å². The van der Waals surface area contributed by atoms with Gasteiger partial charge in [0, 0.05) is 17.1 Å². The Morgan fingerprint density at radius 3 is 2.53 bits per heavy atom. The second kappa shape index (κ2) is 10.5. The van der Waals surface area contributed by atoms with Crippen LogP contribution in [0.2, 0.25) is 5.02 Å². The minimum Gasteiger partial charge on any atom is -0.493 e. The maximum Gasteiger partial charge on any atom is 0.266 e. The Bertz CT molecular complexity index is 993. The first-order valence-electron chi connectivity index (χ1n) is 9.08. The molecule has 0 aromatic heterocycles. The van der Waals surface area contributed by atoms with Gasteiger partial charge in [-0.15, -0.1) is 6.58 Å². The summed E-state index contributed by atoms with van der Waals surface area (Å²) in [6.07, 6.45) is 3.38. The fourth-order valence-electron chi connectivity index (χ4n) is 2.73. The molecular weight excluding hydrogens is 442 g/mol. The van der Waals surface area contributed by atoms with E-state index in [9.17, 15) is 4.79 Å². The van der Waals surface area contributed by atoms with Gasteiger partial charge in [-0.2, -0.15) is 0 Å². The third kappa shape index (κ3) is 5.36. The summed E-state index contributed by atoms with van der Waals surface area (Å²) in [7, 11) is 1.59. The van der Waals surface area contributed by atoms with Gasteiger partial charge in [0.15, 0.2) is 11.5 Å². The van der Waals surface area contributed by atoms with Crippen molar-refractivity contribution in [3.05, 3.63) is 70.6 Å². The van der Waals surface area contributed by atoms with Crippen LogP contribution in [0.5, 0.6) is 17.2 Å². The van der Waals surface area contributed by atoms with Crippen molar-refractivity contribution in [2.75, 3.05) is 26.9 Å². The lowest BCUT2D eigenvalue weighted by Gasteiger charge is -2.13. The summed E-state index contributed by atoms with van der Waals surface area (Å²) in [4.78, 5) is 14.6. The van der Waals surface area contributed by atoms with Gasteiger partial charge >= 0.3 is 0 Å². The lowest BCUT2D eigenvalue weighted by Crippen LogP contribution is -2.27. The van der Waals surface area contributed by atoms with E-state index >= 15 is 0 Å². The highest BCUT2D eigenvalue weighted by atomic mass is 35.5. The highest BCUT2D eigenvalue weighted by Gasteiger charge is 2.31. The number of nitrogens with zero attached hydrogens (tertiary/aromatic N) is 1. The molecule has 0 N–H and O–H groups in total. The van der Waals surface area contributed by atoms with Crippen LogP contribution in [0.1, 0.15) is 5.56 Å². The molecule has 2 aromatic carbocycles. The van der Waals surface area contributed by atoms with Crippen molar-refractivity contribution in [2.24, 2.45) is 0 Å². The molecule has 0 bridgehead atoms. The molecule has 0 unspecified atom stereocenters. The largest absolute Gasteiger partial charge is 0.493 e. The molecule has 0 atom stereocenters. The second-order valence-corrected chi connectivity index (χ2v) is 8.22. The molecule has 0 radical (unpaired) electrons. The van der Waals surface area contributed by atoms with E-state index in [2.05, 4.69) is 6.58 Å². The topological polar surface area (TPSA) is 48.0 Å². The van der Waals surface area contributed by atoms with E-state index in [1.807, 2.05) is 24.3 Å². The molecule has 0 saturated carbocycles. The molecule has 8 heteroatoms. The normalized spacial score (nSPS) is 14.9. The zero-order valence-electron chi connectivity index (χ0n) is 16.3. The molecule has 0 aliphatic carbocycles. The smallest absolute Gasteiger partial charge is 0.266 e. The molecule has 156 valence electrons. The van der Waals surface area contributed by atoms with Gasteiger partial charge in [0.1, 0.15) is 23.3 Å². The van der Waals surface area contributed by atoms with Crippen molar-refractivity contribution in [3.63, 3.8) is 0 Å². The van der Waals surface area contributed by atoms with Gasteiger partial charge in [-0.3, -0.25) is 9.69 Å². The van der Waals surface area contributed by atoms with E-state index in [0.29, 0.717) is 56.8 Å². The van der Waals surface area contributed by atoms with E-state index in [1.54, 1.807) is 37.5 Å². The lowest BCUT2D eigenvalue weighted by atomic mass is 10.2. The molecular formula is C22H20ClNO4S2. The summed E-state index contributed by atoms with van der Waals surface area (Å²) in [6, 6.07) is 12.7. The van der Waals surface area contributed by atoms with Gasteiger partial charge in [-0.05, 0) is 36.4 Å². The van der Waals surface area contributed by atoms with Crippen molar-refractivity contribution in [3.8, 4) is 17.2 Å². The summed E-state index contributed by atoms with van der Waals surface area (Å²) in [5.41, 5.74) is 0.693. The van der Waals surface area contributed by atoms with Crippen molar-refractivity contribution < 1.29 is 19.0 Å². The maximum absolute atomic E-state index is 12.6. The van der Waals surface area contributed by atoms with Crippen LogP contribution < -0.4 is 14.2 Å². The Kier molecular flexibility index (Phi) is 7.79. The predicted molar refractivity (Wildman–Crippen MR) is 126 cm³/mol. The molecule has 30 heavy (non-hydrogen) atoms. The number of rotatable bonds is 9. The van der Waals surface area contributed by atoms with Gasteiger partial charge in [0.05, 0.1) is 12.0 Å². The minimum atomic E-state index is -0.157. The molecule has 1 saturated heterocycles. The van der Waals surface area contributed by atoms with Crippen LogP contribution >= 0.6 is 35.6 Å². The van der Waals surface area contributed by atoms with Crippen LogP contribution in [-0.2, 0) is 4.79 Å². The Balaban J connectivity index is 1.69. The average molecular weight is 462 g/mol. The number of ether oxygens (including phenoxy) is 3. The summed E-state index contributed by atoms with van der Waals surface area (Å²) in [5.74, 6) is 1.74. The average Bonchev–Trinajstić information content (AvgIpc) is 3.00. The number of benzene rings is 2. The van der Waals surface area contributed by atoms with Gasteiger partial charge in [0.25, 0.3) is 5.91 Å². The van der Waals surface area contributed by atoms with Gasteiger partial charge in [-0.25, -0.2) is 0 Å². The summed E-state index contributed by atoms with van der Waals surface area (Å²) >= 11 is 12.7. The number of halogens is 1. The highest BCUT2D eigenvalue weighted by molar-refractivity contribution is 8.26. The Hall–Kier alpha value is -2.48. The summed E-state index contributed by atoms with van der Waals surface area (Å²) < 4.78 is 17.4. The zero-order chi connectivity index (χ0) is 21.5. The number of amides is 1. The molecule has 0 spiro atoms. The molecule has 3 rings (SSSR count). The number of hydrogen-bond acceptors (Lipinski definition) is 6. The Labute approximate surface area is 190 Å². The van der Waals surface area contributed by atoms with E-state index in [1.165, 1.54) is 16.7 Å². The monoisotopic (exact) mass is 461 g/mol. The Morgan fingerprint density at radius 2 is 1.83 bits per heavy atom. The number of carbonyl (C=O) groups excluding carboxylic acids is 1. The van der Waals surface area contributed by atoms with E-state index in [4.69, 9.17) is 38.0 Å². The van der Waals surface area contributed by atoms with Gasteiger partial charge in [0.2, 0.25) is 0 Å². The summed E-state index contributed by atoms with van der Waals surface area (Å²) in [6.45, 7) is 4.67. The number of methoxy groups -OCH3 is 1. The van der Waals surface area contributed by atoms with Gasteiger partial charge in [-0.1, -0.05) is 53.8 Å². The minimum absolute atomic E-state index is 0.157. The van der Waals surface area contributed by atoms with Gasteiger partial charge < -0.3 is 14.2 Å². The third-order valence-electron chi connectivity index (χ3n) is 4.11. The highest BCUT2D eigenvalue weighted by Crippen LogP contribution is 2.35. The standard InChI is InChI=1S/C22H20ClNO4S2/c1-3-10-24-21(25)20(30-22(24)29)14-15-13-16(23)8-9-17(15)27-11-12-28-19-7-5-4-6-18(19)26-2/h3-9,13-14H,1,10-12H2,2H3/b20-14-. The number of hydrogen-bond donors (Lipinski definition) is 0. The first-order valence-corrected chi connectivity index (χ1v) is 10.7. The first kappa shape index (κ1) is 22.2. The zero-order valence-corrected chi connectivity index (χ0v) is 18.7. The SMILES string of the molecule is C=CCN1C(=O)/C(=C/c2cc(Cl)ccc2OCCOc2ccccc2OC)SC1=S. The lowest BCUT2D eigenvalue weighted by molar-refractivity contribution is -0.121. The molecule has 1 heterocycles. The van der Waals surface area contributed by atoms with Crippen LogP contribution in [0.4, 0.5) is 0 Å². The van der Waals surface area contributed by atoms with E-state index in [-0.39, 0.29) is 5.91 Å². The molecule has 5 nitrogen and oxygen atoms in total. The van der Waals surface area contributed by atoms with Crippen LogP contribution in [0.25, 0.3) is 6.08 Å². The number of thiocarbonyl (C=S) groups is 1. The molecule has 1 aliphatic heterocycles. The Morgan fingerprint density at radius 1 is 1.13 bits per heavy atom.